The van der Waals surface area contributed by atoms with Crippen LogP contribution in [0.3, 0.4) is 0 Å². The smallest absolute Gasteiger partial charge is 0.744 e. The van der Waals surface area contributed by atoms with Crippen molar-refractivity contribution in [3.8, 4) is 0 Å². The molecule has 4 aromatic carbocycles. The summed E-state index contributed by atoms with van der Waals surface area (Å²) in [5, 5.41) is 29.1. The standard InChI is InChI=1S/C28H22ClN9O12S4.3Na/c1-2-52(41,42)18-6-3-15(4-7-18)31-27-34-25(29)35-28(36-27)32-16-5-8-20(21(11-16)33-26(30)39)37-38-22-13-19-14(10-24(22)54(46,47)48)9-17(51-50-49-40)12-23(19)53(43,44)45;;;/h2-13,40H,1H2,(H3,30,33,39)(H,43,44,45)(H,46,47,48)(H2,31,32,34,35,36);;;/q;3*+1/p-3. The molecule has 5 N–H and O–H groups in total. The van der Waals surface area contributed by atoms with Crippen molar-refractivity contribution in [3.05, 3.63) is 84.0 Å². The van der Waals surface area contributed by atoms with E-state index in [2.05, 4.69) is 57.1 Å². The Kier molecular flexibility index (Phi) is 18.9. The molecule has 0 bridgehead atoms. The molecule has 29 heteroatoms. The Labute approximate surface area is 399 Å². The van der Waals surface area contributed by atoms with Gasteiger partial charge in [0.05, 0.1) is 32.4 Å². The second-order valence-electron chi connectivity index (χ2n) is 10.2. The fourth-order valence-corrected chi connectivity index (χ4v) is 7.23. The third-order valence-corrected chi connectivity index (χ3v) is 10.5. The Morgan fingerprint density at radius 2 is 1.39 bits per heavy atom. The summed E-state index contributed by atoms with van der Waals surface area (Å²) in [6.07, 6.45) is 0. The van der Waals surface area contributed by atoms with Crippen molar-refractivity contribution in [1.29, 1.82) is 0 Å². The van der Waals surface area contributed by atoms with Crippen LogP contribution in [0.5, 0.6) is 0 Å². The number of primary amides is 1. The number of carbonyl (C=O) groups excluding carboxylic acids is 1. The van der Waals surface area contributed by atoms with E-state index in [0.29, 0.717) is 5.69 Å². The largest absolute Gasteiger partial charge is 1.00 e. The van der Waals surface area contributed by atoms with Crippen molar-refractivity contribution in [2.75, 3.05) is 16.0 Å². The van der Waals surface area contributed by atoms with Gasteiger partial charge in [0.25, 0.3) is 0 Å². The van der Waals surface area contributed by atoms with E-state index in [0.717, 1.165) is 29.7 Å². The number of anilines is 5. The van der Waals surface area contributed by atoms with Gasteiger partial charge in [-0.1, -0.05) is 6.58 Å². The first-order chi connectivity index (χ1) is 25.4. The topological polar surface area (TPSA) is 333 Å². The quantitative estimate of drug-likeness (QED) is 0.0202. The van der Waals surface area contributed by atoms with Crippen LogP contribution in [0.4, 0.5) is 45.1 Å². The van der Waals surface area contributed by atoms with Gasteiger partial charge < -0.3 is 36.0 Å². The molecular weight excluding hydrogens is 887 g/mol. The minimum atomic E-state index is -5.32. The Morgan fingerprint density at radius 1 is 0.807 bits per heavy atom. The monoisotopic (exact) mass is 905 g/mol. The minimum absolute atomic E-state index is 0. The number of azo groups is 1. The van der Waals surface area contributed by atoms with Gasteiger partial charge in [-0.05, 0) is 83.7 Å². The number of amides is 2. The molecule has 0 saturated heterocycles. The van der Waals surface area contributed by atoms with Crippen molar-refractivity contribution < 1.29 is 142 Å². The van der Waals surface area contributed by atoms with Gasteiger partial charge in [-0.3, -0.25) is 5.04 Å². The molecule has 0 atom stereocenters. The summed E-state index contributed by atoms with van der Waals surface area (Å²) in [6, 6.07) is 11.9. The maximum atomic E-state index is 12.2. The Hall–Kier alpha value is -2.35. The van der Waals surface area contributed by atoms with E-state index in [4.69, 9.17) is 17.3 Å². The molecule has 2 amide bonds. The zero-order valence-electron chi connectivity index (χ0n) is 29.4. The van der Waals surface area contributed by atoms with Crippen LogP contribution in [0.1, 0.15) is 0 Å². The predicted octanol–water partition coefficient (Wildman–Crippen LogP) is -4.96. The summed E-state index contributed by atoms with van der Waals surface area (Å²) in [5.41, 5.74) is 4.93. The molecule has 0 saturated carbocycles. The number of benzene rings is 4. The third-order valence-electron chi connectivity index (χ3n) is 6.71. The Bertz CT molecular complexity index is 2680. The van der Waals surface area contributed by atoms with Crippen LogP contribution < -0.4 is 116 Å². The summed E-state index contributed by atoms with van der Waals surface area (Å²) < 4.78 is 101. The molecule has 0 aliphatic carbocycles. The van der Waals surface area contributed by atoms with Gasteiger partial charge in [0.15, 0.2) is 9.84 Å². The van der Waals surface area contributed by atoms with Gasteiger partial charge >= 0.3 is 94.7 Å². The maximum Gasteiger partial charge on any atom is 1.00 e. The summed E-state index contributed by atoms with van der Waals surface area (Å²) in [5.74, 6) is -0.160. The van der Waals surface area contributed by atoms with Gasteiger partial charge in [-0.2, -0.15) is 19.3 Å². The molecule has 0 aliphatic rings. The number of sulfone groups is 1. The molecule has 1 heterocycles. The van der Waals surface area contributed by atoms with Crippen LogP contribution in [0.2, 0.25) is 5.28 Å². The van der Waals surface area contributed by atoms with Gasteiger partial charge in [-0.15, -0.1) is 10.2 Å². The van der Waals surface area contributed by atoms with Crippen LogP contribution in [-0.2, 0) is 39.4 Å². The van der Waals surface area contributed by atoms with Crippen molar-refractivity contribution in [3.63, 3.8) is 0 Å². The van der Waals surface area contributed by atoms with Crippen LogP contribution in [0.15, 0.2) is 109 Å². The van der Waals surface area contributed by atoms with Crippen LogP contribution in [-0.4, -0.2) is 55.3 Å². The fraction of sp³-hybridized carbons (Fsp3) is 0. The summed E-state index contributed by atoms with van der Waals surface area (Å²) in [6.45, 7) is 3.28. The van der Waals surface area contributed by atoms with Crippen LogP contribution >= 0.6 is 23.6 Å². The molecule has 0 fully saturated rings. The molecule has 57 heavy (non-hydrogen) atoms. The molecule has 5 aromatic rings. The van der Waals surface area contributed by atoms with Gasteiger partial charge in [-0.25, -0.2) is 30.0 Å². The first-order valence-electron chi connectivity index (χ1n) is 14.1. The van der Waals surface area contributed by atoms with Gasteiger partial charge in [0, 0.05) is 27.1 Å². The number of halogens is 1. The average Bonchev–Trinajstić information content (AvgIpc) is 3.08. The van der Waals surface area contributed by atoms with Crippen LogP contribution in [0.25, 0.3) is 10.8 Å². The van der Waals surface area contributed by atoms with Gasteiger partial charge in [0.1, 0.15) is 31.6 Å². The number of nitrogens with one attached hydrogen (secondary N) is 3. The number of nitrogens with two attached hydrogens (primary N) is 1. The van der Waals surface area contributed by atoms with Crippen LogP contribution in [0, 0.1) is 0 Å². The zero-order chi connectivity index (χ0) is 39.4. The second kappa shape index (κ2) is 21.3. The van der Waals surface area contributed by atoms with E-state index >= 15 is 0 Å². The van der Waals surface area contributed by atoms with E-state index in [1.807, 2.05) is 0 Å². The summed E-state index contributed by atoms with van der Waals surface area (Å²) in [7, 11) is -14.2. The molecule has 1 aromatic heterocycles. The normalized spacial score (nSPS) is 11.5. The van der Waals surface area contributed by atoms with E-state index in [-0.39, 0.29) is 156 Å². The van der Waals surface area contributed by atoms with Crippen molar-refractivity contribution in [2.24, 2.45) is 16.0 Å². The van der Waals surface area contributed by atoms with E-state index in [1.54, 1.807) is 0 Å². The molecule has 0 aliphatic heterocycles. The third kappa shape index (κ3) is 13.6. The van der Waals surface area contributed by atoms with E-state index in [9.17, 15) is 44.4 Å². The molecular formula is C28H19ClN9Na3O12S4. The molecule has 0 spiro atoms. The Balaban J connectivity index is 0.00000374. The molecule has 282 valence electrons. The number of urea groups is 1. The first kappa shape index (κ1) is 50.8. The predicted molar refractivity (Wildman–Crippen MR) is 187 cm³/mol. The zero-order valence-corrected chi connectivity index (χ0v) is 39.4. The number of hydrogen-bond acceptors (Lipinski definition) is 20. The minimum Gasteiger partial charge on any atom is -0.744 e. The average molecular weight is 906 g/mol. The summed E-state index contributed by atoms with van der Waals surface area (Å²) >= 11 is 6.29. The van der Waals surface area contributed by atoms with E-state index in [1.165, 1.54) is 42.5 Å². The number of rotatable bonds is 14. The molecule has 21 nitrogen and oxygen atoms in total. The molecule has 5 rings (SSSR count). The number of aromatic nitrogens is 3. The van der Waals surface area contributed by atoms with Crippen molar-refractivity contribution in [2.45, 2.75) is 19.6 Å². The van der Waals surface area contributed by atoms with Crippen molar-refractivity contribution >= 4 is 111 Å². The molecule has 0 radical (unpaired) electrons. The first-order valence-corrected chi connectivity index (χ1v) is 19.6. The maximum absolute atomic E-state index is 12.2. The Morgan fingerprint density at radius 3 is 1.95 bits per heavy atom. The number of fused-ring (bicyclic) bond motifs is 1. The van der Waals surface area contributed by atoms with E-state index < -0.39 is 51.6 Å². The summed E-state index contributed by atoms with van der Waals surface area (Å²) in [4.78, 5) is 22.0. The second-order valence-corrected chi connectivity index (χ2v) is 16.0. The van der Waals surface area contributed by atoms with Gasteiger partial charge in [0.2, 0.25) is 17.2 Å². The fourth-order valence-electron chi connectivity index (χ4n) is 4.49. The SMILES string of the molecule is C=CS(=O)(=O)c1ccc(Nc2nc(Cl)nc(Nc3ccc(N=Nc4cc5c(S(=O)(=O)[O-])cc(SOO[O-])cc5cc4S(=O)(=O)[O-])c(NC(N)=O)c3)n2)cc1.[Na+].[Na+].[Na+]. The van der Waals surface area contributed by atoms with Crippen molar-refractivity contribution in [1.82, 2.24) is 15.0 Å². The number of nitrogens with zero attached hydrogens (tertiary/aromatic N) is 5. The molecule has 0 unspecified atom stereocenters. The number of hydrogen-bond donors (Lipinski definition) is 4. The number of carbonyl (C=O) groups is 1.